The summed E-state index contributed by atoms with van der Waals surface area (Å²) in [7, 11) is 0. The normalized spacial score (nSPS) is 13.2. The number of unbranched alkanes of at least 4 members (excludes halogenated alkanes) is 3. The summed E-state index contributed by atoms with van der Waals surface area (Å²) in [4.78, 5) is 158. The second-order valence-corrected chi connectivity index (χ2v) is 25.0. The van der Waals surface area contributed by atoms with Crippen LogP contribution < -0.4 is 31.9 Å². The zero-order valence-electron chi connectivity index (χ0n) is 59.9. The minimum atomic E-state index is -1.35. The van der Waals surface area contributed by atoms with E-state index >= 15 is 14.4 Å². The van der Waals surface area contributed by atoms with Crippen molar-refractivity contribution in [2.45, 2.75) is 116 Å². The van der Waals surface area contributed by atoms with Gasteiger partial charge in [0.25, 0.3) is 0 Å². The quantitative estimate of drug-likeness (QED) is 0.0142. The minimum absolute atomic E-state index is 0.00853. The summed E-state index contributed by atoms with van der Waals surface area (Å²) in [6, 6.07) is 49.8. The van der Waals surface area contributed by atoms with Crippen LogP contribution in [0.1, 0.15) is 91.2 Å². The van der Waals surface area contributed by atoms with E-state index in [1.807, 2.05) is 91.0 Å². The lowest BCUT2D eigenvalue weighted by molar-refractivity contribution is -0.147. The smallest absolute Gasteiger partial charge is 0.408 e. The van der Waals surface area contributed by atoms with E-state index in [0.717, 1.165) is 16.7 Å². The zero-order valence-corrected chi connectivity index (χ0v) is 59.9. The summed E-state index contributed by atoms with van der Waals surface area (Å²) >= 11 is 0. The molecule has 1 aliphatic rings. The van der Waals surface area contributed by atoms with E-state index in [9.17, 15) is 43.5 Å². The second-order valence-electron chi connectivity index (χ2n) is 25.0. The van der Waals surface area contributed by atoms with Crippen LogP contribution in [0.3, 0.4) is 0 Å². The van der Waals surface area contributed by atoms with Crippen LogP contribution in [0, 0.1) is 0 Å². The number of hydrogen-bond acceptors (Lipinski definition) is 18. The monoisotopic (exact) mass is 1480 g/mol. The molecule has 1 aliphatic heterocycles. The van der Waals surface area contributed by atoms with E-state index in [-0.39, 0.29) is 150 Å². The van der Waals surface area contributed by atoms with Gasteiger partial charge in [0.05, 0.1) is 0 Å². The molecule has 572 valence electrons. The minimum Gasteiger partial charge on any atom is -0.480 e. The fourth-order valence-electron chi connectivity index (χ4n) is 11.1. The Bertz CT molecular complexity index is 3550. The summed E-state index contributed by atoms with van der Waals surface area (Å²) in [5, 5.41) is 25.8. The SMILES string of the molecule is O=C(O)COCC(=O)N1CCN(C(=O)C(CCCCNC(=O)OCc2ccccc2)NC(=O)OCc2ccccc2)CCN(C(=O)C(CCCCNC(=O)OCc2ccccc2)NC(=O)OCc2ccccc2)CCN(C(=O)C(CCCCNC(=O)OCc2ccccc2)NC(=O)OCc2ccccc2)CC1. The fraction of sp³-hybridized carbons (Fsp3) is 0.397. The average molecular weight is 1480 g/mol. The largest absolute Gasteiger partial charge is 0.480 e. The first kappa shape index (κ1) is 82.5. The van der Waals surface area contributed by atoms with Gasteiger partial charge < -0.3 is 89.8 Å². The van der Waals surface area contributed by atoms with Gasteiger partial charge in [-0.25, -0.2) is 33.6 Å². The van der Waals surface area contributed by atoms with Crippen LogP contribution in [0.4, 0.5) is 28.8 Å². The number of nitrogens with one attached hydrogen (secondary N) is 6. The number of carboxylic acids is 1. The third-order valence-corrected chi connectivity index (χ3v) is 16.9. The molecule has 7 rings (SSSR count). The number of aliphatic carboxylic acids is 1. The fourth-order valence-corrected chi connectivity index (χ4v) is 11.1. The Labute approximate surface area is 622 Å². The van der Waals surface area contributed by atoms with Gasteiger partial charge in [-0.2, -0.15) is 0 Å². The second kappa shape index (κ2) is 47.6. The van der Waals surface area contributed by atoms with Gasteiger partial charge in [-0.15, -0.1) is 0 Å². The topological polar surface area (TPSA) is 358 Å². The highest BCUT2D eigenvalue weighted by Gasteiger charge is 2.34. The first-order chi connectivity index (χ1) is 52.0. The van der Waals surface area contributed by atoms with E-state index in [1.165, 1.54) is 19.6 Å². The molecule has 29 heteroatoms. The van der Waals surface area contributed by atoms with Crippen molar-refractivity contribution >= 4 is 66.2 Å². The predicted molar refractivity (Wildman–Crippen MR) is 391 cm³/mol. The number of nitrogens with zero attached hydrogens (tertiary/aromatic N) is 4. The number of carboxylic acid groups (broad SMARTS) is 1. The lowest BCUT2D eigenvalue weighted by Gasteiger charge is -2.37. The standard InChI is InChI=1S/C78H96N10O19/c89-68(57-101-58-69(90)91)85-43-45-86(70(92)65(82-76(98)105-54-62-31-13-4-14-32-62)37-19-22-40-79-73(95)102-51-59-25-7-1-8-26-59)47-49-88(72(94)67(84-78(100)107-56-64-35-17-6-18-36-64)39-21-24-42-81-75(97)104-53-61-29-11-3-12-30-61)50-48-87(46-44-85)71(93)66(83-77(99)106-55-63-33-15-5-16-34-63)38-20-23-41-80-74(96)103-52-60-27-9-2-10-28-60/h1-18,25-36,65-67H,19-24,37-58H2,(H,79,95)(H,80,96)(H,81,97)(H,82,98)(H,83,99)(H,84,100)(H,90,91). The Kier molecular flexibility index (Phi) is 36.7. The maximum Gasteiger partial charge on any atom is 0.408 e. The van der Waals surface area contributed by atoms with Crippen molar-refractivity contribution in [1.82, 2.24) is 51.5 Å². The lowest BCUT2D eigenvalue weighted by atomic mass is 10.1. The van der Waals surface area contributed by atoms with Gasteiger partial charge in [-0.05, 0) is 91.2 Å². The number of carbonyl (C=O) groups excluding carboxylic acids is 10. The molecule has 107 heavy (non-hydrogen) atoms. The van der Waals surface area contributed by atoms with Crippen LogP contribution in [0.5, 0.6) is 0 Å². The first-order valence-electron chi connectivity index (χ1n) is 35.7. The molecule has 7 N–H and O–H groups in total. The molecule has 0 aromatic heterocycles. The van der Waals surface area contributed by atoms with E-state index in [4.69, 9.17) is 33.2 Å². The van der Waals surface area contributed by atoms with Gasteiger partial charge >= 0.3 is 42.5 Å². The summed E-state index contributed by atoms with van der Waals surface area (Å²) in [5.74, 6) is -4.10. The average Bonchev–Trinajstić information content (AvgIpc) is 0.855. The molecule has 0 aliphatic carbocycles. The van der Waals surface area contributed by atoms with Crippen LogP contribution in [-0.4, -0.2) is 194 Å². The maximum absolute atomic E-state index is 15.6. The van der Waals surface area contributed by atoms with Gasteiger partial charge in [0.1, 0.15) is 71.0 Å². The summed E-state index contributed by atoms with van der Waals surface area (Å²) in [5.41, 5.74) is 4.31. The molecule has 0 bridgehead atoms. The number of ether oxygens (including phenoxy) is 7. The number of benzene rings is 6. The van der Waals surface area contributed by atoms with Crippen molar-refractivity contribution in [2.24, 2.45) is 0 Å². The first-order valence-corrected chi connectivity index (χ1v) is 35.7. The molecular formula is C78H96N10O19. The van der Waals surface area contributed by atoms with E-state index in [0.29, 0.717) is 36.0 Å². The number of rotatable bonds is 37. The molecule has 3 unspecified atom stereocenters. The molecular weight excluding hydrogens is 1380 g/mol. The Morgan fingerprint density at radius 3 is 0.757 bits per heavy atom. The summed E-state index contributed by atoms with van der Waals surface area (Å²) < 4.78 is 38.3. The van der Waals surface area contributed by atoms with Gasteiger partial charge in [0.15, 0.2) is 0 Å². The van der Waals surface area contributed by atoms with E-state index in [1.54, 1.807) is 91.0 Å². The number of hydrogen-bond donors (Lipinski definition) is 7. The van der Waals surface area contributed by atoms with Crippen LogP contribution in [0.25, 0.3) is 0 Å². The summed E-state index contributed by atoms with van der Waals surface area (Å²) in [6.07, 6.45) is -3.22. The molecule has 3 atom stereocenters. The molecule has 1 saturated heterocycles. The van der Waals surface area contributed by atoms with Crippen molar-refractivity contribution in [1.29, 1.82) is 0 Å². The lowest BCUT2D eigenvalue weighted by Crippen LogP contribution is -2.57. The molecule has 6 aromatic carbocycles. The van der Waals surface area contributed by atoms with Crippen molar-refractivity contribution in [3.63, 3.8) is 0 Å². The van der Waals surface area contributed by atoms with Crippen LogP contribution in [-0.2, 0) is 96.8 Å². The Morgan fingerprint density at radius 2 is 0.523 bits per heavy atom. The number of alkyl carbamates (subject to hydrolysis) is 6. The molecule has 0 saturated carbocycles. The van der Waals surface area contributed by atoms with Gasteiger partial charge in [0, 0.05) is 72.0 Å². The molecule has 1 heterocycles. The highest BCUT2D eigenvalue weighted by Crippen LogP contribution is 2.16. The maximum atomic E-state index is 15.6. The van der Waals surface area contributed by atoms with Gasteiger partial charge in [-0.1, -0.05) is 182 Å². The molecule has 6 aromatic rings. The zero-order chi connectivity index (χ0) is 76.1. The highest BCUT2D eigenvalue weighted by molar-refractivity contribution is 5.88. The van der Waals surface area contributed by atoms with Crippen molar-refractivity contribution in [3.8, 4) is 0 Å². The van der Waals surface area contributed by atoms with Crippen LogP contribution in [0.15, 0.2) is 182 Å². The molecule has 10 amide bonds. The van der Waals surface area contributed by atoms with Crippen LogP contribution >= 0.6 is 0 Å². The van der Waals surface area contributed by atoms with Crippen LogP contribution in [0.2, 0.25) is 0 Å². The third kappa shape index (κ3) is 32.9. The van der Waals surface area contributed by atoms with Crippen molar-refractivity contribution in [2.75, 3.05) is 85.2 Å². The van der Waals surface area contributed by atoms with Crippen molar-refractivity contribution in [3.05, 3.63) is 215 Å². The number of carbonyl (C=O) groups is 11. The van der Waals surface area contributed by atoms with Gasteiger partial charge in [0.2, 0.25) is 23.6 Å². The molecule has 0 radical (unpaired) electrons. The molecule has 29 nitrogen and oxygen atoms in total. The Morgan fingerprint density at radius 1 is 0.299 bits per heavy atom. The Hall–Kier alpha value is -11.8. The molecule has 1 fully saturated rings. The highest BCUT2D eigenvalue weighted by atomic mass is 16.6. The Balaban J connectivity index is 1.18. The summed E-state index contributed by atoms with van der Waals surface area (Å²) in [6.45, 7) is -3.92. The van der Waals surface area contributed by atoms with Crippen molar-refractivity contribution < 1.29 is 91.0 Å². The predicted octanol–water partition coefficient (Wildman–Crippen LogP) is 8.59. The third-order valence-electron chi connectivity index (χ3n) is 16.9. The number of amides is 10. The van der Waals surface area contributed by atoms with E-state index < -0.39 is 97.5 Å². The van der Waals surface area contributed by atoms with E-state index in [2.05, 4.69) is 31.9 Å². The van der Waals surface area contributed by atoms with Gasteiger partial charge in [-0.3, -0.25) is 19.2 Å². The molecule has 0 spiro atoms.